The van der Waals surface area contributed by atoms with E-state index in [-0.39, 0.29) is 17.7 Å². The standard InChI is InChI=1S/C22H22BF4NO5/c1-11(2)19(21(30)32-9-13-4-7-17(24)16(8-13)22(25,26)27)28-20(29)15-6-5-14-10-33-23(31)18(14)12(15)3/h4-8,11,19,31H,9-10H2,1-3H3,(H,28,29). The van der Waals surface area contributed by atoms with Crippen molar-refractivity contribution < 1.29 is 41.6 Å². The summed E-state index contributed by atoms with van der Waals surface area (Å²) in [5.74, 6) is -3.25. The maximum Gasteiger partial charge on any atom is 0.492 e. The van der Waals surface area contributed by atoms with Crippen LogP contribution < -0.4 is 10.8 Å². The molecule has 176 valence electrons. The molecular weight excluding hydrogens is 445 g/mol. The number of alkyl halides is 3. The number of carbonyl (C=O) groups excluding carboxylic acids is 2. The normalized spacial score (nSPS) is 14.3. The van der Waals surface area contributed by atoms with Gasteiger partial charge in [0.1, 0.15) is 18.5 Å². The quantitative estimate of drug-likeness (QED) is 0.388. The first kappa shape index (κ1) is 24.7. The molecule has 0 aliphatic carbocycles. The van der Waals surface area contributed by atoms with Gasteiger partial charge in [0.05, 0.1) is 12.2 Å². The van der Waals surface area contributed by atoms with Crippen LogP contribution in [0.4, 0.5) is 17.6 Å². The second-order valence-corrected chi connectivity index (χ2v) is 8.09. The molecule has 3 rings (SSSR count). The molecule has 0 spiro atoms. The van der Waals surface area contributed by atoms with Crippen molar-refractivity contribution in [1.82, 2.24) is 5.32 Å². The van der Waals surface area contributed by atoms with Crippen molar-refractivity contribution >= 4 is 24.5 Å². The van der Waals surface area contributed by atoms with Crippen molar-refractivity contribution in [2.75, 3.05) is 0 Å². The topological polar surface area (TPSA) is 84.9 Å². The van der Waals surface area contributed by atoms with Gasteiger partial charge in [-0.25, -0.2) is 9.18 Å². The molecule has 0 bridgehead atoms. The Morgan fingerprint density at radius 3 is 2.58 bits per heavy atom. The van der Waals surface area contributed by atoms with Crippen LogP contribution in [0.25, 0.3) is 0 Å². The molecule has 1 aliphatic heterocycles. The van der Waals surface area contributed by atoms with E-state index < -0.39 is 55.1 Å². The van der Waals surface area contributed by atoms with E-state index in [1.807, 2.05) is 0 Å². The number of amides is 1. The van der Waals surface area contributed by atoms with Gasteiger partial charge in [-0.3, -0.25) is 4.79 Å². The van der Waals surface area contributed by atoms with E-state index in [9.17, 15) is 32.2 Å². The predicted molar refractivity (Wildman–Crippen MR) is 111 cm³/mol. The number of esters is 1. The number of nitrogens with one attached hydrogen (secondary N) is 1. The molecule has 1 aliphatic rings. The van der Waals surface area contributed by atoms with Crippen molar-refractivity contribution in [2.45, 2.75) is 46.2 Å². The van der Waals surface area contributed by atoms with Crippen LogP contribution in [0.3, 0.4) is 0 Å². The van der Waals surface area contributed by atoms with Crippen LogP contribution in [-0.2, 0) is 33.6 Å². The lowest BCUT2D eigenvalue weighted by molar-refractivity contribution is -0.148. The van der Waals surface area contributed by atoms with Crippen molar-refractivity contribution in [2.24, 2.45) is 5.92 Å². The van der Waals surface area contributed by atoms with Crippen molar-refractivity contribution in [3.8, 4) is 0 Å². The number of benzene rings is 2. The summed E-state index contributed by atoms with van der Waals surface area (Å²) in [6.07, 6.45) is -4.88. The lowest BCUT2D eigenvalue weighted by atomic mass is 9.75. The van der Waals surface area contributed by atoms with Gasteiger partial charge in [-0.15, -0.1) is 0 Å². The Morgan fingerprint density at radius 2 is 1.94 bits per heavy atom. The summed E-state index contributed by atoms with van der Waals surface area (Å²) in [6, 6.07) is 4.44. The number of halogens is 4. The van der Waals surface area contributed by atoms with Crippen molar-refractivity contribution in [3.05, 3.63) is 64.0 Å². The monoisotopic (exact) mass is 467 g/mol. The molecule has 1 amide bonds. The van der Waals surface area contributed by atoms with Gasteiger partial charge in [-0.1, -0.05) is 26.0 Å². The number of fused-ring (bicyclic) bond motifs is 1. The van der Waals surface area contributed by atoms with Gasteiger partial charge in [0.2, 0.25) is 0 Å². The van der Waals surface area contributed by atoms with E-state index in [2.05, 4.69) is 5.32 Å². The Bertz CT molecular complexity index is 1070. The molecule has 1 atom stereocenters. The molecule has 1 heterocycles. The van der Waals surface area contributed by atoms with E-state index in [0.717, 1.165) is 11.6 Å². The summed E-state index contributed by atoms with van der Waals surface area (Å²) in [5.41, 5.74) is 0.510. The van der Waals surface area contributed by atoms with Crippen LogP contribution >= 0.6 is 0 Å². The third-order valence-corrected chi connectivity index (χ3v) is 5.42. The van der Waals surface area contributed by atoms with E-state index in [1.54, 1.807) is 32.9 Å². The number of rotatable bonds is 6. The fraction of sp³-hybridized carbons (Fsp3) is 0.364. The van der Waals surface area contributed by atoms with Gasteiger partial charge >= 0.3 is 19.3 Å². The van der Waals surface area contributed by atoms with E-state index in [4.69, 9.17) is 9.39 Å². The first-order chi connectivity index (χ1) is 15.4. The molecule has 33 heavy (non-hydrogen) atoms. The first-order valence-corrected chi connectivity index (χ1v) is 10.1. The Morgan fingerprint density at radius 1 is 1.24 bits per heavy atom. The molecule has 1 unspecified atom stereocenters. The van der Waals surface area contributed by atoms with Crippen molar-refractivity contribution in [3.63, 3.8) is 0 Å². The van der Waals surface area contributed by atoms with Crippen LogP contribution in [0.5, 0.6) is 0 Å². The van der Waals surface area contributed by atoms with Gasteiger partial charge in [-0.05, 0) is 53.2 Å². The zero-order valence-corrected chi connectivity index (χ0v) is 18.1. The third kappa shape index (κ3) is 5.36. The molecule has 2 N–H and O–H groups in total. The number of ether oxygens (including phenoxy) is 1. The minimum atomic E-state index is -4.88. The van der Waals surface area contributed by atoms with E-state index in [0.29, 0.717) is 23.2 Å². The first-order valence-electron chi connectivity index (χ1n) is 10.1. The Balaban J connectivity index is 1.72. The lowest BCUT2D eigenvalue weighted by Gasteiger charge is -2.22. The summed E-state index contributed by atoms with van der Waals surface area (Å²) in [5, 5.41) is 12.6. The molecule has 0 aromatic heterocycles. The van der Waals surface area contributed by atoms with Crippen LogP contribution in [0.15, 0.2) is 30.3 Å². The summed E-state index contributed by atoms with van der Waals surface area (Å²) in [4.78, 5) is 25.5. The molecule has 0 saturated heterocycles. The van der Waals surface area contributed by atoms with Crippen LogP contribution in [0.2, 0.25) is 0 Å². The van der Waals surface area contributed by atoms with Crippen LogP contribution in [0, 0.1) is 18.7 Å². The Kier molecular flexibility index (Phi) is 7.13. The summed E-state index contributed by atoms with van der Waals surface area (Å²) in [6.45, 7) is 4.68. The highest BCUT2D eigenvalue weighted by Crippen LogP contribution is 2.32. The SMILES string of the molecule is Cc1c(C(=O)NC(C(=O)OCc2ccc(F)c(C(F)(F)F)c2)C(C)C)ccc2c1B(O)OC2. The highest BCUT2D eigenvalue weighted by molar-refractivity contribution is 6.62. The highest BCUT2D eigenvalue weighted by atomic mass is 19.4. The smallest absolute Gasteiger partial charge is 0.459 e. The van der Waals surface area contributed by atoms with Crippen LogP contribution in [-0.4, -0.2) is 30.1 Å². The minimum Gasteiger partial charge on any atom is -0.459 e. The molecule has 2 aromatic carbocycles. The van der Waals surface area contributed by atoms with E-state index >= 15 is 0 Å². The number of carbonyl (C=O) groups is 2. The molecule has 0 fully saturated rings. The predicted octanol–water partition coefficient (Wildman–Crippen LogP) is 2.87. The fourth-order valence-corrected chi connectivity index (χ4v) is 3.59. The highest BCUT2D eigenvalue weighted by Gasteiger charge is 2.35. The van der Waals surface area contributed by atoms with Crippen LogP contribution in [0.1, 0.15) is 46.5 Å². The van der Waals surface area contributed by atoms with Crippen molar-refractivity contribution in [1.29, 1.82) is 0 Å². The average Bonchev–Trinajstić information content (AvgIpc) is 3.11. The van der Waals surface area contributed by atoms with Gasteiger partial charge < -0.3 is 19.7 Å². The zero-order chi connectivity index (χ0) is 24.5. The molecule has 0 saturated carbocycles. The second-order valence-electron chi connectivity index (χ2n) is 8.09. The second kappa shape index (κ2) is 9.52. The molecule has 0 radical (unpaired) electrons. The molecule has 11 heteroatoms. The summed E-state index contributed by atoms with van der Waals surface area (Å²) < 4.78 is 62.4. The maximum atomic E-state index is 13.4. The maximum absolute atomic E-state index is 13.4. The molecule has 6 nitrogen and oxygen atoms in total. The molecule has 2 aromatic rings. The number of hydrogen-bond donors (Lipinski definition) is 2. The third-order valence-electron chi connectivity index (χ3n) is 5.42. The largest absolute Gasteiger partial charge is 0.492 e. The summed E-state index contributed by atoms with van der Waals surface area (Å²) >= 11 is 0. The fourth-order valence-electron chi connectivity index (χ4n) is 3.59. The zero-order valence-electron chi connectivity index (χ0n) is 18.1. The van der Waals surface area contributed by atoms with Gasteiger partial charge in [-0.2, -0.15) is 13.2 Å². The van der Waals surface area contributed by atoms with E-state index in [1.165, 1.54) is 0 Å². The lowest BCUT2D eigenvalue weighted by Crippen LogP contribution is -2.46. The average molecular weight is 467 g/mol. The Hall–Kier alpha value is -2.92. The molecular formula is C22H22BF4NO5. The Labute approximate surface area is 188 Å². The van der Waals surface area contributed by atoms with Gasteiger partial charge in [0.25, 0.3) is 5.91 Å². The van der Waals surface area contributed by atoms with Gasteiger partial charge in [0, 0.05) is 5.56 Å². The summed E-state index contributed by atoms with van der Waals surface area (Å²) in [7, 11) is -1.14. The van der Waals surface area contributed by atoms with Gasteiger partial charge in [0.15, 0.2) is 0 Å². The number of hydrogen-bond acceptors (Lipinski definition) is 5. The minimum absolute atomic E-state index is 0.0469.